The van der Waals surface area contributed by atoms with Crippen LogP contribution in [0.5, 0.6) is 0 Å². The fraction of sp³-hybridized carbons (Fsp3) is 0.364. The van der Waals surface area contributed by atoms with Crippen molar-refractivity contribution in [1.82, 2.24) is 5.32 Å². The second-order valence-electron chi connectivity index (χ2n) is 7.67. The van der Waals surface area contributed by atoms with Crippen molar-refractivity contribution in [2.75, 3.05) is 18.1 Å². The van der Waals surface area contributed by atoms with Crippen molar-refractivity contribution in [2.24, 2.45) is 0 Å². The lowest BCUT2D eigenvalue weighted by atomic mass is 9.92. The van der Waals surface area contributed by atoms with Crippen LogP contribution in [0.15, 0.2) is 53.4 Å². The average molecular weight is 540 g/mol. The molecule has 0 aliphatic rings. The van der Waals surface area contributed by atoms with E-state index in [1.807, 2.05) is 0 Å². The molecule has 0 bridgehead atoms. The Labute approximate surface area is 202 Å². The molecule has 2 aromatic rings. The summed E-state index contributed by atoms with van der Waals surface area (Å²) in [7, 11) is -2.22. The number of halogens is 6. The van der Waals surface area contributed by atoms with Crippen LogP contribution in [0.2, 0.25) is 0 Å². The van der Waals surface area contributed by atoms with E-state index in [4.69, 9.17) is 0 Å². The van der Waals surface area contributed by atoms with Gasteiger partial charge < -0.3 is 15.7 Å². The number of rotatable bonds is 8. The molecule has 0 aliphatic carbocycles. The van der Waals surface area contributed by atoms with Gasteiger partial charge in [-0.25, -0.2) is 8.42 Å². The van der Waals surface area contributed by atoms with E-state index in [-0.39, 0.29) is 28.3 Å². The number of carbonyl (C=O) groups excluding carboxylic acids is 2. The first kappa shape index (κ1) is 29.1. The van der Waals surface area contributed by atoms with Crippen molar-refractivity contribution in [2.45, 2.75) is 42.1 Å². The Morgan fingerprint density at radius 3 is 1.83 bits per heavy atom. The van der Waals surface area contributed by atoms with Gasteiger partial charge in [0.2, 0.25) is 11.8 Å². The van der Waals surface area contributed by atoms with E-state index in [0.717, 1.165) is 12.1 Å². The van der Waals surface area contributed by atoms with Crippen molar-refractivity contribution in [1.29, 1.82) is 0 Å². The molecule has 0 heterocycles. The molecule has 0 saturated carbocycles. The van der Waals surface area contributed by atoms with Gasteiger partial charge in [-0.15, -0.1) is 0 Å². The summed E-state index contributed by atoms with van der Waals surface area (Å²) in [5, 5.41) is 14.1. The van der Waals surface area contributed by atoms with Gasteiger partial charge in [-0.2, -0.15) is 26.3 Å². The van der Waals surface area contributed by atoms with Gasteiger partial charge in [-0.1, -0.05) is 31.2 Å². The molecule has 7 nitrogen and oxygen atoms in total. The largest absolute Gasteiger partial charge is 0.430 e. The number of carbonyl (C=O) groups is 2. The quantitative estimate of drug-likeness (QED) is 0.443. The van der Waals surface area contributed by atoms with E-state index in [0.29, 0.717) is 12.1 Å². The molecule has 0 unspecified atom stereocenters. The standard InChI is InChI=1S/C22H22F6N2O5S/c1-3-36(34,35)16-10-4-13(5-11-16)17(12-18(31)29-2)19(32)30-15-8-6-14(7-9-15)20(33,21(23,24)25)22(26,27)28/h4-11,17,33H,3,12H2,1-2H3,(H,29,31)(H,30,32)/t17-/m0/s1. The number of anilines is 1. The fourth-order valence-corrected chi connectivity index (χ4v) is 4.12. The summed E-state index contributed by atoms with van der Waals surface area (Å²) >= 11 is 0. The number of aliphatic hydroxyl groups is 1. The first-order chi connectivity index (χ1) is 16.5. The van der Waals surface area contributed by atoms with Gasteiger partial charge in [-0.3, -0.25) is 9.59 Å². The summed E-state index contributed by atoms with van der Waals surface area (Å²) in [4.78, 5) is 24.8. The van der Waals surface area contributed by atoms with Crippen LogP contribution in [-0.2, 0) is 25.0 Å². The molecule has 36 heavy (non-hydrogen) atoms. The lowest BCUT2D eigenvalue weighted by molar-refractivity contribution is -0.376. The highest BCUT2D eigenvalue weighted by molar-refractivity contribution is 7.91. The topological polar surface area (TPSA) is 113 Å². The zero-order valence-corrected chi connectivity index (χ0v) is 19.7. The van der Waals surface area contributed by atoms with Crippen LogP contribution in [0.25, 0.3) is 0 Å². The van der Waals surface area contributed by atoms with E-state index in [9.17, 15) is 49.5 Å². The van der Waals surface area contributed by atoms with E-state index < -0.39 is 51.1 Å². The number of alkyl halides is 6. The molecule has 14 heteroatoms. The third-order valence-corrected chi connectivity index (χ3v) is 7.15. The van der Waals surface area contributed by atoms with Crippen molar-refractivity contribution in [3.05, 3.63) is 59.7 Å². The van der Waals surface area contributed by atoms with Crippen LogP contribution >= 0.6 is 0 Å². The minimum atomic E-state index is -6.06. The number of hydrogen-bond acceptors (Lipinski definition) is 5. The van der Waals surface area contributed by atoms with Gasteiger partial charge in [-0.05, 0) is 29.8 Å². The molecule has 0 saturated heterocycles. The first-order valence-corrected chi connectivity index (χ1v) is 11.9. The third kappa shape index (κ3) is 5.98. The summed E-state index contributed by atoms with van der Waals surface area (Å²) in [6, 6.07) is 7.37. The lowest BCUT2D eigenvalue weighted by Crippen LogP contribution is -2.53. The Kier molecular flexibility index (Phi) is 8.46. The van der Waals surface area contributed by atoms with Gasteiger partial charge in [0.05, 0.1) is 16.6 Å². The van der Waals surface area contributed by atoms with Crippen molar-refractivity contribution >= 4 is 27.3 Å². The SMILES string of the molecule is CCS(=O)(=O)c1ccc([C@H](CC(=O)NC)C(=O)Nc2ccc(C(O)(C(F)(F)F)C(F)(F)F)cc2)cc1. The van der Waals surface area contributed by atoms with E-state index in [1.165, 1.54) is 38.2 Å². The minimum absolute atomic E-state index is 0.00902. The molecule has 0 radical (unpaired) electrons. The van der Waals surface area contributed by atoms with Gasteiger partial charge in [0.25, 0.3) is 5.60 Å². The molecular formula is C22H22F6N2O5S. The van der Waals surface area contributed by atoms with Crippen LogP contribution < -0.4 is 10.6 Å². The zero-order chi connectivity index (χ0) is 27.5. The molecule has 3 N–H and O–H groups in total. The van der Waals surface area contributed by atoms with Crippen LogP contribution in [0.3, 0.4) is 0 Å². The minimum Gasteiger partial charge on any atom is -0.369 e. The van der Waals surface area contributed by atoms with Crippen molar-refractivity contribution < 1.29 is 49.5 Å². The Bertz CT molecular complexity index is 1180. The first-order valence-electron chi connectivity index (χ1n) is 10.3. The Balaban J connectivity index is 2.36. The van der Waals surface area contributed by atoms with Gasteiger partial charge in [0.15, 0.2) is 9.84 Å². The predicted octanol–water partition coefficient (Wildman–Crippen LogP) is 3.65. The average Bonchev–Trinajstić information content (AvgIpc) is 2.80. The summed E-state index contributed by atoms with van der Waals surface area (Å²) in [6.07, 6.45) is -12.5. The van der Waals surface area contributed by atoms with Gasteiger partial charge in [0, 0.05) is 24.7 Å². The number of sulfone groups is 1. The maximum absolute atomic E-state index is 13.1. The van der Waals surface area contributed by atoms with E-state index in [2.05, 4.69) is 10.6 Å². The van der Waals surface area contributed by atoms with Crippen LogP contribution in [-0.4, -0.2) is 50.5 Å². The molecule has 0 aliphatic heterocycles. The summed E-state index contributed by atoms with van der Waals surface area (Å²) in [5.74, 6) is -2.73. The predicted molar refractivity (Wildman–Crippen MR) is 117 cm³/mol. The molecular weight excluding hydrogens is 518 g/mol. The van der Waals surface area contributed by atoms with Crippen LogP contribution in [0.1, 0.15) is 30.4 Å². The summed E-state index contributed by atoms with van der Waals surface area (Å²) in [5.41, 5.74) is -6.59. The molecule has 2 rings (SSSR count). The maximum atomic E-state index is 13.1. The van der Waals surface area contributed by atoms with E-state index >= 15 is 0 Å². The molecule has 198 valence electrons. The second-order valence-corrected chi connectivity index (χ2v) is 9.95. The smallest absolute Gasteiger partial charge is 0.369 e. The third-order valence-electron chi connectivity index (χ3n) is 5.40. The highest BCUT2D eigenvalue weighted by atomic mass is 32.2. The van der Waals surface area contributed by atoms with Crippen LogP contribution in [0, 0.1) is 0 Å². The van der Waals surface area contributed by atoms with E-state index in [1.54, 1.807) is 0 Å². The number of hydrogen-bond donors (Lipinski definition) is 3. The van der Waals surface area contributed by atoms with Gasteiger partial charge in [0.1, 0.15) is 0 Å². The molecule has 0 fully saturated rings. The number of benzene rings is 2. The Morgan fingerprint density at radius 2 is 1.42 bits per heavy atom. The molecule has 2 amide bonds. The summed E-state index contributed by atoms with van der Waals surface area (Å²) < 4.78 is 102. The Hall–Kier alpha value is -3.13. The zero-order valence-electron chi connectivity index (χ0n) is 18.9. The molecule has 0 spiro atoms. The molecule has 2 aromatic carbocycles. The monoisotopic (exact) mass is 540 g/mol. The summed E-state index contributed by atoms with van der Waals surface area (Å²) in [6.45, 7) is 1.45. The Morgan fingerprint density at radius 1 is 0.917 bits per heavy atom. The van der Waals surface area contributed by atoms with Crippen molar-refractivity contribution in [3.63, 3.8) is 0 Å². The number of amides is 2. The molecule has 0 aromatic heterocycles. The van der Waals surface area contributed by atoms with Crippen LogP contribution in [0.4, 0.5) is 32.0 Å². The lowest BCUT2D eigenvalue weighted by Gasteiger charge is -2.32. The maximum Gasteiger partial charge on any atom is 0.430 e. The molecule has 1 atom stereocenters. The fourth-order valence-electron chi connectivity index (χ4n) is 3.24. The number of nitrogens with one attached hydrogen (secondary N) is 2. The normalized spacial score (nSPS) is 13.7. The highest BCUT2D eigenvalue weighted by Gasteiger charge is 2.71. The van der Waals surface area contributed by atoms with Crippen molar-refractivity contribution in [3.8, 4) is 0 Å². The van der Waals surface area contributed by atoms with Gasteiger partial charge >= 0.3 is 12.4 Å². The second kappa shape index (κ2) is 10.5. The highest BCUT2D eigenvalue weighted by Crippen LogP contribution is 2.50.